The van der Waals surface area contributed by atoms with Gasteiger partial charge >= 0.3 is 5.97 Å². The first-order valence-corrected chi connectivity index (χ1v) is 6.28. The molecule has 1 aromatic rings. The molecule has 1 heterocycles. The fourth-order valence-electron chi connectivity index (χ4n) is 2.35. The highest BCUT2D eigenvalue weighted by Gasteiger charge is 2.38. The summed E-state index contributed by atoms with van der Waals surface area (Å²) in [6.07, 6.45) is 0.415. The molecule has 19 heavy (non-hydrogen) atoms. The molecule has 2 rings (SSSR count). The molecule has 0 aliphatic carbocycles. The summed E-state index contributed by atoms with van der Waals surface area (Å²) in [6.45, 7) is 2.05. The van der Waals surface area contributed by atoms with Crippen LogP contribution in [0.4, 0.5) is 4.39 Å². The third kappa shape index (κ3) is 2.56. The zero-order valence-corrected chi connectivity index (χ0v) is 11.0. The number of amides is 1. The van der Waals surface area contributed by atoms with Crippen molar-refractivity contribution < 1.29 is 19.1 Å². The van der Waals surface area contributed by atoms with E-state index in [-0.39, 0.29) is 16.5 Å². The van der Waals surface area contributed by atoms with Gasteiger partial charge in [0, 0.05) is 18.2 Å². The third-order valence-electron chi connectivity index (χ3n) is 3.50. The molecule has 1 aliphatic heterocycles. The van der Waals surface area contributed by atoms with Gasteiger partial charge < -0.3 is 10.0 Å². The summed E-state index contributed by atoms with van der Waals surface area (Å²) in [5, 5.41) is 8.97. The molecule has 0 saturated carbocycles. The highest BCUT2D eigenvalue weighted by atomic mass is 35.5. The van der Waals surface area contributed by atoms with Crippen molar-refractivity contribution in [1.29, 1.82) is 0 Å². The van der Waals surface area contributed by atoms with Crippen LogP contribution in [0.5, 0.6) is 0 Å². The van der Waals surface area contributed by atoms with Crippen LogP contribution in [0, 0.1) is 11.7 Å². The number of hydrogen-bond donors (Lipinski definition) is 1. The van der Waals surface area contributed by atoms with Crippen molar-refractivity contribution >= 4 is 23.5 Å². The van der Waals surface area contributed by atoms with Crippen LogP contribution in [0.15, 0.2) is 18.2 Å². The average molecular weight is 286 g/mol. The van der Waals surface area contributed by atoms with Gasteiger partial charge in [-0.05, 0) is 31.5 Å². The summed E-state index contributed by atoms with van der Waals surface area (Å²) >= 11 is 5.56. The van der Waals surface area contributed by atoms with Gasteiger partial charge in [0.25, 0.3) is 5.91 Å². The number of benzene rings is 1. The van der Waals surface area contributed by atoms with Gasteiger partial charge in [0.05, 0.1) is 10.9 Å². The fourth-order valence-corrected chi connectivity index (χ4v) is 2.47. The lowest BCUT2D eigenvalue weighted by molar-refractivity contribution is -0.142. The molecule has 6 heteroatoms. The average Bonchev–Trinajstić information content (AvgIpc) is 2.74. The number of carbonyl (C=O) groups excluding carboxylic acids is 1. The SMILES string of the molecule is CC1C(C(=O)O)CCN1C(=O)c1ccc(Cl)c(F)c1. The number of carboxylic acid groups (broad SMARTS) is 1. The maximum Gasteiger partial charge on any atom is 0.308 e. The van der Waals surface area contributed by atoms with E-state index in [2.05, 4.69) is 0 Å². The zero-order valence-electron chi connectivity index (χ0n) is 10.3. The van der Waals surface area contributed by atoms with Gasteiger partial charge in [-0.1, -0.05) is 11.6 Å². The number of hydrogen-bond acceptors (Lipinski definition) is 2. The molecule has 1 amide bonds. The lowest BCUT2D eigenvalue weighted by Gasteiger charge is -2.23. The van der Waals surface area contributed by atoms with E-state index in [1.165, 1.54) is 17.0 Å². The summed E-state index contributed by atoms with van der Waals surface area (Å²) in [6, 6.07) is 3.43. The maximum atomic E-state index is 13.3. The molecular formula is C13H13ClFNO3. The lowest BCUT2D eigenvalue weighted by Crippen LogP contribution is -2.37. The van der Waals surface area contributed by atoms with Crippen LogP contribution >= 0.6 is 11.6 Å². The Bertz CT molecular complexity index is 535. The number of halogens is 2. The Morgan fingerprint density at radius 1 is 1.47 bits per heavy atom. The quantitative estimate of drug-likeness (QED) is 0.908. The third-order valence-corrected chi connectivity index (χ3v) is 3.81. The van der Waals surface area contributed by atoms with Crippen molar-refractivity contribution in [3.8, 4) is 0 Å². The van der Waals surface area contributed by atoms with Crippen LogP contribution in [0.1, 0.15) is 23.7 Å². The number of carboxylic acids is 1. The molecule has 1 aromatic carbocycles. The van der Waals surface area contributed by atoms with Gasteiger partial charge in [-0.2, -0.15) is 0 Å². The first kappa shape index (κ1) is 13.8. The standard InChI is InChI=1S/C13H13ClFNO3/c1-7-9(13(18)19)4-5-16(7)12(17)8-2-3-10(14)11(15)6-8/h2-3,6-7,9H,4-5H2,1H3,(H,18,19). The van der Waals surface area contributed by atoms with E-state index in [0.29, 0.717) is 13.0 Å². The van der Waals surface area contributed by atoms with Gasteiger partial charge in [0.15, 0.2) is 0 Å². The first-order valence-electron chi connectivity index (χ1n) is 5.90. The molecule has 1 saturated heterocycles. The number of carbonyl (C=O) groups is 2. The second-order valence-corrected chi connectivity index (χ2v) is 5.01. The molecule has 2 unspecified atom stereocenters. The Hall–Kier alpha value is -1.62. The van der Waals surface area contributed by atoms with Crippen molar-refractivity contribution in [2.45, 2.75) is 19.4 Å². The van der Waals surface area contributed by atoms with Crippen LogP contribution in [-0.4, -0.2) is 34.5 Å². The summed E-state index contributed by atoms with van der Waals surface area (Å²) in [4.78, 5) is 24.7. The van der Waals surface area contributed by atoms with Gasteiger partial charge in [-0.3, -0.25) is 9.59 Å². The second-order valence-electron chi connectivity index (χ2n) is 4.60. The van der Waals surface area contributed by atoms with E-state index in [0.717, 1.165) is 6.07 Å². The molecule has 1 N–H and O–H groups in total. The first-order chi connectivity index (χ1) is 8.91. The minimum absolute atomic E-state index is 0.0468. The van der Waals surface area contributed by atoms with E-state index in [9.17, 15) is 14.0 Å². The maximum absolute atomic E-state index is 13.3. The molecule has 102 valence electrons. The fraction of sp³-hybridized carbons (Fsp3) is 0.385. The van der Waals surface area contributed by atoms with E-state index in [1.807, 2.05) is 0 Å². The van der Waals surface area contributed by atoms with Gasteiger partial charge in [0.1, 0.15) is 5.82 Å². The van der Waals surface area contributed by atoms with Gasteiger partial charge in [-0.25, -0.2) is 4.39 Å². The Labute approximate surface area is 114 Å². The van der Waals surface area contributed by atoms with Crippen LogP contribution in [0.25, 0.3) is 0 Å². The summed E-state index contributed by atoms with van der Waals surface area (Å²) < 4.78 is 13.3. The van der Waals surface area contributed by atoms with Crippen molar-refractivity contribution in [3.63, 3.8) is 0 Å². The minimum atomic E-state index is -0.912. The molecule has 1 aliphatic rings. The minimum Gasteiger partial charge on any atom is -0.481 e. The van der Waals surface area contributed by atoms with Crippen LogP contribution in [0.2, 0.25) is 5.02 Å². The zero-order chi connectivity index (χ0) is 14.2. The number of nitrogens with zero attached hydrogens (tertiary/aromatic N) is 1. The Morgan fingerprint density at radius 3 is 2.68 bits per heavy atom. The molecule has 0 bridgehead atoms. The molecule has 1 fully saturated rings. The second kappa shape index (κ2) is 5.17. The highest BCUT2D eigenvalue weighted by molar-refractivity contribution is 6.30. The molecule has 2 atom stereocenters. The Morgan fingerprint density at radius 2 is 2.16 bits per heavy atom. The number of rotatable bonds is 2. The molecule has 0 spiro atoms. The smallest absolute Gasteiger partial charge is 0.308 e. The van der Waals surface area contributed by atoms with E-state index in [4.69, 9.17) is 16.7 Å². The predicted octanol–water partition coefficient (Wildman–Crippen LogP) is 2.41. The molecular weight excluding hydrogens is 273 g/mol. The van der Waals surface area contributed by atoms with E-state index in [1.54, 1.807) is 6.92 Å². The van der Waals surface area contributed by atoms with Crippen LogP contribution in [0.3, 0.4) is 0 Å². The summed E-state index contributed by atoms with van der Waals surface area (Å²) in [5.41, 5.74) is 0.180. The van der Waals surface area contributed by atoms with Crippen molar-refractivity contribution in [2.75, 3.05) is 6.54 Å². The van der Waals surface area contributed by atoms with Gasteiger partial charge in [0.2, 0.25) is 0 Å². The van der Waals surface area contributed by atoms with E-state index < -0.39 is 23.7 Å². The number of aliphatic carboxylic acids is 1. The van der Waals surface area contributed by atoms with Crippen LogP contribution < -0.4 is 0 Å². The topological polar surface area (TPSA) is 57.6 Å². The molecule has 4 nitrogen and oxygen atoms in total. The normalized spacial score (nSPS) is 22.6. The van der Waals surface area contributed by atoms with Crippen LogP contribution in [-0.2, 0) is 4.79 Å². The number of likely N-dealkylation sites (tertiary alicyclic amines) is 1. The predicted molar refractivity (Wildman–Crippen MR) is 67.7 cm³/mol. The monoisotopic (exact) mass is 285 g/mol. The molecule has 0 aromatic heterocycles. The van der Waals surface area contributed by atoms with Gasteiger partial charge in [-0.15, -0.1) is 0 Å². The largest absolute Gasteiger partial charge is 0.481 e. The van der Waals surface area contributed by atoms with Crippen molar-refractivity contribution in [2.24, 2.45) is 5.92 Å². The Kier molecular flexibility index (Phi) is 3.75. The molecule has 0 radical (unpaired) electrons. The summed E-state index contributed by atoms with van der Waals surface area (Å²) in [7, 11) is 0. The van der Waals surface area contributed by atoms with Crippen molar-refractivity contribution in [1.82, 2.24) is 4.90 Å². The Balaban J connectivity index is 2.21. The summed E-state index contributed by atoms with van der Waals surface area (Å²) in [5.74, 6) is -2.51. The van der Waals surface area contributed by atoms with Crippen molar-refractivity contribution in [3.05, 3.63) is 34.6 Å². The highest BCUT2D eigenvalue weighted by Crippen LogP contribution is 2.26. The van der Waals surface area contributed by atoms with E-state index >= 15 is 0 Å². The lowest BCUT2D eigenvalue weighted by atomic mass is 10.0.